The van der Waals surface area contributed by atoms with Gasteiger partial charge >= 0.3 is 0 Å². The van der Waals surface area contributed by atoms with E-state index in [-0.39, 0.29) is 26.4 Å². The smallest absolute Gasteiger partial charge is 0.119 e. The van der Waals surface area contributed by atoms with Crippen molar-refractivity contribution in [3.05, 3.63) is 48.5 Å². The van der Waals surface area contributed by atoms with Crippen molar-refractivity contribution in [2.45, 2.75) is 22.0 Å². The van der Waals surface area contributed by atoms with Crippen molar-refractivity contribution in [3.63, 3.8) is 0 Å². The van der Waals surface area contributed by atoms with Gasteiger partial charge in [-0.3, -0.25) is 0 Å². The molecule has 4 N–H and O–H groups in total. The Hall–Kier alpha value is -1.07. The van der Waals surface area contributed by atoms with E-state index in [9.17, 15) is 10.2 Å². The molecule has 31 heavy (non-hydrogen) atoms. The van der Waals surface area contributed by atoms with Crippen molar-refractivity contribution in [2.75, 3.05) is 49.4 Å². The molecule has 2 rings (SSSR count). The summed E-state index contributed by atoms with van der Waals surface area (Å²) in [5.74, 6) is 3.71. The van der Waals surface area contributed by atoms with Crippen LogP contribution in [-0.2, 0) is 0 Å². The lowest BCUT2D eigenvalue weighted by Gasteiger charge is -2.13. The molecule has 0 aromatic heterocycles. The summed E-state index contributed by atoms with van der Waals surface area (Å²) in [4.78, 5) is 2.13. The van der Waals surface area contributed by atoms with Gasteiger partial charge in [0, 0.05) is 32.8 Å². The first kappa shape index (κ1) is 26.2. The molecule has 2 aromatic rings. The minimum absolute atomic E-state index is 0.113. The summed E-state index contributed by atoms with van der Waals surface area (Å²) < 4.78 is 11.2. The van der Waals surface area contributed by atoms with Gasteiger partial charge in [0.25, 0.3) is 0 Å². The Balaban J connectivity index is 1.72. The van der Waals surface area contributed by atoms with E-state index in [1.54, 1.807) is 11.8 Å². The van der Waals surface area contributed by atoms with Crippen LogP contribution in [0, 0.1) is 0 Å². The van der Waals surface area contributed by atoms with Crippen LogP contribution in [0.1, 0.15) is 0 Å². The van der Waals surface area contributed by atoms with E-state index in [0.717, 1.165) is 9.79 Å². The van der Waals surface area contributed by atoms with Crippen LogP contribution < -0.4 is 9.47 Å². The SMILES string of the molecule is OCCSCC(O)COc1ccc(Sc2ccc(OCC(O)CSCCO)cc2)cc1. The van der Waals surface area contributed by atoms with Crippen LogP contribution in [0.25, 0.3) is 0 Å². The molecule has 6 nitrogen and oxygen atoms in total. The average molecular weight is 487 g/mol. The van der Waals surface area contributed by atoms with Crippen molar-refractivity contribution in [3.8, 4) is 11.5 Å². The highest BCUT2D eigenvalue weighted by molar-refractivity contribution is 7.99. The van der Waals surface area contributed by atoms with Crippen molar-refractivity contribution >= 4 is 35.3 Å². The topological polar surface area (TPSA) is 99.4 Å². The monoisotopic (exact) mass is 486 g/mol. The van der Waals surface area contributed by atoms with Gasteiger partial charge < -0.3 is 29.9 Å². The molecular weight excluding hydrogens is 456 g/mol. The Morgan fingerprint density at radius 2 is 1.03 bits per heavy atom. The zero-order chi connectivity index (χ0) is 22.3. The summed E-state index contributed by atoms with van der Waals surface area (Å²) in [6.07, 6.45) is -1.13. The molecule has 0 aliphatic heterocycles. The minimum atomic E-state index is -0.563. The normalized spacial score (nSPS) is 13.0. The van der Waals surface area contributed by atoms with Crippen molar-refractivity contribution in [1.29, 1.82) is 0 Å². The predicted molar refractivity (Wildman–Crippen MR) is 129 cm³/mol. The zero-order valence-corrected chi connectivity index (χ0v) is 19.7. The Morgan fingerprint density at radius 3 is 1.39 bits per heavy atom. The van der Waals surface area contributed by atoms with Gasteiger partial charge in [0.15, 0.2) is 0 Å². The largest absolute Gasteiger partial charge is 0.491 e. The van der Waals surface area contributed by atoms with Crippen molar-refractivity contribution in [1.82, 2.24) is 0 Å². The van der Waals surface area contributed by atoms with Gasteiger partial charge in [-0.1, -0.05) is 11.8 Å². The van der Waals surface area contributed by atoms with Gasteiger partial charge in [-0.05, 0) is 48.5 Å². The number of benzene rings is 2. The number of hydrogen-bond donors (Lipinski definition) is 4. The fourth-order valence-corrected chi connectivity index (χ4v) is 4.54. The van der Waals surface area contributed by atoms with Crippen LogP contribution in [0.4, 0.5) is 0 Å². The Labute approximate surface area is 196 Å². The van der Waals surface area contributed by atoms with E-state index in [1.165, 1.54) is 23.5 Å². The lowest BCUT2D eigenvalue weighted by atomic mass is 10.3. The molecule has 2 unspecified atom stereocenters. The van der Waals surface area contributed by atoms with E-state index < -0.39 is 12.2 Å². The van der Waals surface area contributed by atoms with Crippen LogP contribution in [0.2, 0.25) is 0 Å². The van der Waals surface area contributed by atoms with E-state index in [0.29, 0.717) is 34.5 Å². The van der Waals surface area contributed by atoms with Crippen LogP contribution in [0.3, 0.4) is 0 Å². The quantitative estimate of drug-likeness (QED) is 0.267. The molecule has 0 heterocycles. The summed E-state index contributed by atoms with van der Waals surface area (Å²) >= 11 is 4.61. The van der Waals surface area contributed by atoms with Gasteiger partial charge in [0.1, 0.15) is 24.7 Å². The fraction of sp³-hybridized carbons (Fsp3) is 0.455. The van der Waals surface area contributed by atoms with Gasteiger partial charge in [0.05, 0.1) is 25.4 Å². The Bertz CT molecular complexity index is 653. The highest BCUT2D eigenvalue weighted by Crippen LogP contribution is 2.30. The van der Waals surface area contributed by atoms with E-state index in [4.69, 9.17) is 19.7 Å². The van der Waals surface area contributed by atoms with Crippen LogP contribution in [-0.4, -0.2) is 82.1 Å². The van der Waals surface area contributed by atoms with Crippen LogP contribution in [0.15, 0.2) is 58.3 Å². The molecule has 0 amide bonds. The minimum Gasteiger partial charge on any atom is -0.491 e. The van der Waals surface area contributed by atoms with Crippen molar-refractivity contribution in [2.24, 2.45) is 0 Å². The molecule has 0 bridgehead atoms. The summed E-state index contributed by atoms with van der Waals surface area (Å²) in [5, 5.41) is 37.2. The van der Waals surface area contributed by atoms with Gasteiger partial charge in [0.2, 0.25) is 0 Å². The van der Waals surface area contributed by atoms with Crippen molar-refractivity contribution < 1.29 is 29.9 Å². The second-order valence-corrected chi connectivity index (χ2v) is 10.0. The third-order valence-electron chi connectivity index (χ3n) is 3.86. The average Bonchev–Trinajstić information content (AvgIpc) is 2.78. The van der Waals surface area contributed by atoms with E-state index in [1.807, 2.05) is 48.5 Å². The molecule has 0 spiro atoms. The van der Waals surface area contributed by atoms with E-state index >= 15 is 0 Å². The maximum absolute atomic E-state index is 9.86. The second-order valence-electron chi connectivity index (χ2n) is 6.57. The molecule has 2 atom stereocenters. The maximum atomic E-state index is 9.86. The number of ether oxygens (including phenoxy) is 2. The highest BCUT2D eigenvalue weighted by atomic mass is 32.2. The van der Waals surface area contributed by atoms with Gasteiger partial charge in [-0.15, -0.1) is 0 Å². The Morgan fingerprint density at radius 1 is 0.645 bits per heavy atom. The summed E-state index contributed by atoms with van der Waals surface area (Å²) in [7, 11) is 0. The number of hydrogen-bond acceptors (Lipinski definition) is 9. The van der Waals surface area contributed by atoms with Crippen LogP contribution in [0.5, 0.6) is 11.5 Å². The van der Waals surface area contributed by atoms with Gasteiger partial charge in [-0.25, -0.2) is 0 Å². The third-order valence-corrected chi connectivity index (χ3v) is 7.06. The molecule has 0 aliphatic rings. The standard InChI is InChI=1S/C22H30O6S3/c23-9-11-29-15-17(25)13-27-19-1-5-21(6-2-19)31-22-7-3-20(4-8-22)28-14-18(26)16-30-12-10-24/h1-8,17-18,23-26H,9-16H2. The second kappa shape index (κ2) is 15.7. The molecule has 0 fully saturated rings. The highest BCUT2D eigenvalue weighted by Gasteiger charge is 2.07. The number of rotatable bonds is 16. The molecule has 0 radical (unpaired) electrons. The fourth-order valence-electron chi connectivity index (χ4n) is 2.39. The number of thioether (sulfide) groups is 2. The maximum Gasteiger partial charge on any atom is 0.119 e. The molecule has 172 valence electrons. The van der Waals surface area contributed by atoms with Crippen LogP contribution >= 0.6 is 35.3 Å². The third kappa shape index (κ3) is 11.4. The number of aliphatic hydroxyl groups is 4. The summed E-state index contributed by atoms with van der Waals surface area (Å²) in [6.45, 7) is 0.672. The molecule has 2 aromatic carbocycles. The predicted octanol–water partition coefficient (Wildman–Crippen LogP) is 2.77. The first-order valence-corrected chi connectivity index (χ1v) is 13.1. The molecule has 0 aliphatic carbocycles. The summed E-state index contributed by atoms with van der Waals surface area (Å²) in [6, 6.07) is 15.4. The van der Waals surface area contributed by atoms with Gasteiger partial charge in [-0.2, -0.15) is 23.5 Å². The summed E-state index contributed by atoms with van der Waals surface area (Å²) in [5.41, 5.74) is 0. The molecule has 0 saturated carbocycles. The lowest BCUT2D eigenvalue weighted by molar-refractivity contribution is 0.126. The molecule has 0 saturated heterocycles. The first-order valence-electron chi connectivity index (χ1n) is 9.97. The number of aliphatic hydroxyl groups excluding tert-OH is 4. The molecule has 9 heteroatoms. The lowest BCUT2D eigenvalue weighted by Crippen LogP contribution is -2.20. The molecular formula is C22H30O6S3. The van der Waals surface area contributed by atoms with E-state index in [2.05, 4.69) is 0 Å². The Kier molecular flexibility index (Phi) is 13.2. The zero-order valence-electron chi connectivity index (χ0n) is 17.3. The first-order chi connectivity index (χ1) is 15.1.